The quantitative estimate of drug-likeness (QED) is 0.114. The SMILES string of the molecule is C1CCC2CCCCC2C1.C1CCC2CCCCC2C1.COCc1cc(C)c(-c2cc(-c3c(C)cc(COC)cc3C)c3ccc4c(-c5c(C)cc(COC)cc5C)cc(-c5c(C)cc(COC)cc5C)c5ccc2c3c54)c(C)c1. The fraction of sp³-hybridized carbons (Fsp3) is 0.474. The minimum Gasteiger partial charge on any atom is -0.380 e. The number of ether oxygens (including phenoxy) is 4. The molecule has 0 N–H and O–H groups in total. The van der Waals surface area contributed by atoms with Gasteiger partial charge < -0.3 is 18.9 Å². The molecule has 4 heteroatoms. The molecule has 0 unspecified atom stereocenters. The molecule has 0 aliphatic heterocycles. The van der Waals surface area contributed by atoms with E-state index in [-0.39, 0.29) is 0 Å². The van der Waals surface area contributed by atoms with E-state index in [9.17, 15) is 0 Å². The molecular formula is C76H94O4. The van der Waals surface area contributed by atoms with Gasteiger partial charge in [0.15, 0.2) is 0 Å². The maximum Gasteiger partial charge on any atom is 0.0713 e. The predicted molar refractivity (Wildman–Crippen MR) is 340 cm³/mol. The van der Waals surface area contributed by atoms with Gasteiger partial charge in [-0.2, -0.15) is 0 Å². The molecule has 12 rings (SSSR count). The first-order chi connectivity index (χ1) is 38.8. The molecule has 8 aromatic carbocycles. The molecule has 0 spiro atoms. The van der Waals surface area contributed by atoms with Crippen LogP contribution in [0.15, 0.2) is 84.9 Å². The molecule has 4 fully saturated rings. The fourth-order valence-electron chi connectivity index (χ4n) is 16.4. The Morgan fingerprint density at radius 2 is 0.450 bits per heavy atom. The van der Waals surface area contributed by atoms with Crippen molar-refractivity contribution in [2.75, 3.05) is 28.4 Å². The van der Waals surface area contributed by atoms with Gasteiger partial charge in [-0.05, 0) is 235 Å². The maximum atomic E-state index is 5.61. The Bertz CT molecular complexity index is 2900. The summed E-state index contributed by atoms with van der Waals surface area (Å²) in [6.07, 6.45) is 24.7. The lowest BCUT2D eigenvalue weighted by Crippen LogP contribution is -2.22. The lowest BCUT2D eigenvalue weighted by atomic mass is 9.71. The van der Waals surface area contributed by atoms with Crippen molar-refractivity contribution >= 4 is 32.3 Å². The molecule has 0 radical (unpaired) electrons. The summed E-state index contributed by atoms with van der Waals surface area (Å²) in [6, 6.07) is 32.9. The summed E-state index contributed by atoms with van der Waals surface area (Å²) in [6.45, 7) is 20.4. The highest BCUT2D eigenvalue weighted by molar-refractivity contribution is 6.32. The summed E-state index contributed by atoms with van der Waals surface area (Å²) in [7, 11) is 7.07. The van der Waals surface area contributed by atoms with E-state index in [1.165, 1.54) is 195 Å². The zero-order valence-corrected chi connectivity index (χ0v) is 51.2. The first-order valence-electron chi connectivity index (χ1n) is 31.0. The van der Waals surface area contributed by atoms with Crippen LogP contribution in [0.4, 0.5) is 0 Å². The molecule has 0 aromatic heterocycles. The highest BCUT2D eigenvalue weighted by Gasteiger charge is 2.29. The third-order valence-electron chi connectivity index (χ3n) is 19.5. The highest BCUT2D eigenvalue weighted by Crippen LogP contribution is 2.52. The van der Waals surface area contributed by atoms with Crippen LogP contribution in [0.25, 0.3) is 76.8 Å². The van der Waals surface area contributed by atoms with Crippen molar-refractivity contribution < 1.29 is 18.9 Å². The third-order valence-corrected chi connectivity index (χ3v) is 19.5. The van der Waals surface area contributed by atoms with Gasteiger partial charge in [0.05, 0.1) is 26.4 Å². The number of hydrogen-bond acceptors (Lipinski definition) is 4. The molecule has 80 heavy (non-hydrogen) atoms. The van der Waals surface area contributed by atoms with Gasteiger partial charge in [-0.15, -0.1) is 0 Å². The number of methoxy groups -OCH3 is 4. The zero-order valence-electron chi connectivity index (χ0n) is 51.2. The molecule has 0 bridgehead atoms. The molecular weight excluding hydrogens is 977 g/mol. The molecule has 422 valence electrons. The second kappa shape index (κ2) is 25.8. The van der Waals surface area contributed by atoms with Gasteiger partial charge in [-0.25, -0.2) is 0 Å². The number of rotatable bonds is 12. The Hall–Kier alpha value is -5.36. The van der Waals surface area contributed by atoms with Crippen LogP contribution in [0.2, 0.25) is 0 Å². The second-order valence-electron chi connectivity index (χ2n) is 25.3. The van der Waals surface area contributed by atoms with E-state index in [2.05, 4.69) is 140 Å². The molecule has 8 aromatic rings. The lowest BCUT2D eigenvalue weighted by molar-refractivity contribution is 0.171. The van der Waals surface area contributed by atoms with Crippen molar-refractivity contribution in [3.05, 3.63) is 152 Å². The standard InChI is InChI=1S/C56H58O4.2C10H18/c1-31-17-39(27-57-9)18-32(2)51(31)47-25-48(52-33(3)19-40(28-58-10)20-34(52)4)44-15-16-46-50(54-37(7)23-42(30-60-12)24-38(54)8)26-49(45-14-13-43(47)55(44)56(45)46)53-35(5)21-41(29-59-11)22-36(53)6;2*1-2-6-10-8-4-3-7-9(10)5-1/h13-26H,27-30H2,1-12H3;2*9-10H,1-8H2. The summed E-state index contributed by atoms with van der Waals surface area (Å²) in [5, 5.41) is 7.66. The van der Waals surface area contributed by atoms with E-state index in [1.54, 1.807) is 79.8 Å². The van der Waals surface area contributed by atoms with Crippen molar-refractivity contribution in [2.45, 2.75) is 185 Å². The average Bonchev–Trinajstić information content (AvgIpc) is 1.93. The second-order valence-corrected chi connectivity index (χ2v) is 25.3. The molecule has 4 nitrogen and oxygen atoms in total. The predicted octanol–water partition coefficient (Wildman–Crippen LogP) is 21.0. The van der Waals surface area contributed by atoms with Gasteiger partial charge in [0.1, 0.15) is 0 Å². The van der Waals surface area contributed by atoms with Crippen molar-refractivity contribution in [3.8, 4) is 44.5 Å². The van der Waals surface area contributed by atoms with Crippen LogP contribution in [0.1, 0.15) is 169 Å². The van der Waals surface area contributed by atoms with Crippen LogP contribution in [-0.2, 0) is 45.4 Å². The minimum atomic E-state index is 0.583. The van der Waals surface area contributed by atoms with E-state index in [0.717, 1.165) is 23.7 Å². The monoisotopic (exact) mass is 1070 g/mol. The summed E-state index contributed by atoms with van der Waals surface area (Å²) in [5.74, 6) is 4.62. The first-order valence-corrected chi connectivity index (χ1v) is 31.0. The minimum absolute atomic E-state index is 0.583. The third kappa shape index (κ3) is 11.9. The topological polar surface area (TPSA) is 36.9 Å². The molecule has 0 atom stereocenters. The van der Waals surface area contributed by atoms with Crippen molar-refractivity contribution in [1.29, 1.82) is 0 Å². The largest absolute Gasteiger partial charge is 0.380 e. The molecule has 0 amide bonds. The Morgan fingerprint density at radius 3 is 0.613 bits per heavy atom. The Morgan fingerprint density at radius 1 is 0.275 bits per heavy atom. The Kier molecular flexibility index (Phi) is 18.7. The number of hydrogen-bond donors (Lipinski definition) is 0. The Balaban J connectivity index is 0.000000296. The van der Waals surface area contributed by atoms with Gasteiger partial charge in [0, 0.05) is 28.4 Å². The summed E-state index contributed by atoms with van der Waals surface area (Å²) >= 11 is 0. The normalized spacial score (nSPS) is 19.1. The smallest absolute Gasteiger partial charge is 0.0713 e. The Labute approximate surface area is 481 Å². The van der Waals surface area contributed by atoms with Crippen LogP contribution in [0.5, 0.6) is 0 Å². The lowest BCUT2D eigenvalue weighted by Gasteiger charge is -2.35. The zero-order chi connectivity index (χ0) is 56.2. The van der Waals surface area contributed by atoms with E-state index in [0.29, 0.717) is 26.4 Å². The van der Waals surface area contributed by atoms with Gasteiger partial charge in [0.25, 0.3) is 0 Å². The van der Waals surface area contributed by atoms with E-state index < -0.39 is 0 Å². The molecule has 4 saturated carbocycles. The van der Waals surface area contributed by atoms with Crippen LogP contribution >= 0.6 is 0 Å². The van der Waals surface area contributed by atoms with Crippen LogP contribution in [0, 0.1) is 79.1 Å². The number of benzene rings is 8. The number of aryl methyl sites for hydroxylation is 8. The maximum absolute atomic E-state index is 5.61. The van der Waals surface area contributed by atoms with Crippen LogP contribution < -0.4 is 0 Å². The van der Waals surface area contributed by atoms with E-state index in [1.807, 2.05) is 0 Å². The summed E-state index contributed by atoms with van der Waals surface area (Å²) in [4.78, 5) is 0. The van der Waals surface area contributed by atoms with Crippen molar-refractivity contribution in [1.82, 2.24) is 0 Å². The van der Waals surface area contributed by atoms with Gasteiger partial charge in [-0.3, -0.25) is 0 Å². The number of fused-ring (bicyclic) bond motifs is 2. The van der Waals surface area contributed by atoms with Crippen molar-refractivity contribution in [2.24, 2.45) is 23.7 Å². The molecule has 0 saturated heterocycles. The van der Waals surface area contributed by atoms with Gasteiger partial charge in [0.2, 0.25) is 0 Å². The summed E-state index contributed by atoms with van der Waals surface area (Å²) < 4.78 is 22.4. The van der Waals surface area contributed by atoms with E-state index >= 15 is 0 Å². The average molecular weight is 1070 g/mol. The van der Waals surface area contributed by atoms with Crippen molar-refractivity contribution in [3.63, 3.8) is 0 Å². The fourth-order valence-corrected chi connectivity index (χ4v) is 16.4. The van der Waals surface area contributed by atoms with Gasteiger partial charge in [-0.1, -0.05) is 176 Å². The molecule has 4 aliphatic carbocycles. The van der Waals surface area contributed by atoms with Crippen LogP contribution in [-0.4, -0.2) is 28.4 Å². The molecule has 0 heterocycles. The highest BCUT2D eigenvalue weighted by atomic mass is 16.5. The first kappa shape index (κ1) is 57.9. The molecule has 4 aliphatic rings. The van der Waals surface area contributed by atoms with Gasteiger partial charge >= 0.3 is 0 Å². The van der Waals surface area contributed by atoms with Crippen LogP contribution in [0.3, 0.4) is 0 Å². The van der Waals surface area contributed by atoms with E-state index in [4.69, 9.17) is 18.9 Å². The summed E-state index contributed by atoms with van der Waals surface area (Å²) in [5.41, 5.74) is 24.9.